The molecule has 1 atom stereocenters. The smallest absolute Gasteiger partial charge is 0.239 e. The molecular weight excluding hydrogens is 238 g/mol. The number of anilines is 1. The summed E-state index contributed by atoms with van der Waals surface area (Å²) in [6, 6.07) is 12.0. The third-order valence-electron chi connectivity index (χ3n) is 2.97. The SMILES string of the molecule is CCC(C)NC(=O)CN(CCC#N)c1ccccc1. The summed E-state index contributed by atoms with van der Waals surface area (Å²) >= 11 is 0. The van der Waals surface area contributed by atoms with Crippen LogP contribution in [-0.2, 0) is 4.79 Å². The molecule has 4 nitrogen and oxygen atoms in total. The number of nitriles is 1. The molecule has 0 aliphatic rings. The van der Waals surface area contributed by atoms with Gasteiger partial charge in [0.2, 0.25) is 5.91 Å². The Kier molecular flexibility index (Phi) is 6.45. The van der Waals surface area contributed by atoms with Crippen LogP contribution < -0.4 is 10.2 Å². The highest BCUT2D eigenvalue weighted by atomic mass is 16.2. The minimum atomic E-state index is -0.00357. The van der Waals surface area contributed by atoms with E-state index >= 15 is 0 Å². The van der Waals surface area contributed by atoms with Crippen LogP contribution >= 0.6 is 0 Å². The van der Waals surface area contributed by atoms with Gasteiger partial charge in [0.25, 0.3) is 0 Å². The number of para-hydroxylation sites is 1. The molecule has 1 N–H and O–H groups in total. The molecule has 1 aromatic rings. The van der Waals surface area contributed by atoms with Crippen molar-refractivity contribution in [2.45, 2.75) is 32.7 Å². The number of carbonyl (C=O) groups excluding carboxylic acids is 1. The topological polar surface area (TPSA) is 56.1 Å². The minimum Gasteiger partial charge on any atom is -0.361 e. The summed E-state index contributed by atoms with van der Waals surface area (Å²) in [7, 11) is 0. The zero-order chi connectivity index (χ0) is 14.1. The Morgan fingerprint density at radius 3 is 2.68 bits per heavy atom. The summed E-state index contributed by atoms with van der Waals surface area (Å²) in [5.74, 6) is -0.00357. The molecule has 0 aliphatic heterocycles. The second-order valence-electron chi connectivity index (χ2n) is 4.54. The van der Waals surface area contributed by atoms with Gasteiger partial charge in [-0.3, -0.25) is 4.79 Å². The van der Waals surface area contributed by atoms with Crippen LogP contribution in [0.5, 0.6) is 0 Å². The predicted octanol–water partition coefficient (Wildman–Crippen LogP) is 2.32. The van der Waals surface area contributed by atoms with Gasteiger partial charge in [-0.05, 0) is 25.5 Å². The third-order valence-corrected chi connectivity index (χ3v) is 2.97. The summed E-state index contributed by atoms with van der Waals surface area (Å²) in [5.41, 5.74) is 0.969. The van der Waals surface area contributed by atoms with Gasteiger partial charge in [-0.25, -0.2) is 0 Å². The van der Waals surface area contributed by atoms with Crippen LogP contribution in [0.3, 0.4) is 0 Å². The van der Waals surface area contributed by atoms with Crippen molar-refractivity contribution < 1.29 is 4.79 Å². The molecule has 0 bridgehead atoms. The van der Waals surface area contributed by atoms with E-state index in [1.165, 1.54) is 0 Å². The van der Waals surface area contributed by atoms with E-state index in [0.29, 0.717) is 13.0 Å². The van der Waals surface area contributed by atoms with Crippen LogP contribution in [0.25, 0.3) is 0 Å². The van der Waals surface area contributed by atoms with E-state index in [2.05, 4.69) is 11.4 Å². The van der Waals surface area contributed by atoms with Crippen molar-refractivity contribution in [2.75, 3.05) is 18.0 Å². The molecule has 0 saturated carbocycles. The Morgan fingerprint density at radius 2 is 2.11 bits per heavy atom. The van der Waals surface area contributed by atoms with E-state index in [1.807, 2.05) is 49.1 Å². The summed E-state index contributed by atoms with van der Waals surface area (Å²) < 4.78 is 0. The maximum Gasteiger partial charge on any atom is 0.239 e. The standard InChI is InChI=1S/C15H21N3O/c1-3-13(2)17-15(19)12-18(11-7-10-16)14-8-5-4-6-9-14/h4-6,8-9,13H,3,7,11-12H2,1-2H3,(H,17,19). The maximum absolute atomic E-state index is 11.9. The summed E-state index contributed by atoms with van der Waals surface area (Å²) in [6.45, 7) is 4.88. The van der Waals surface area contributed by atoms with E-state index in [9.17, 15) is 4.79 Å². The Balaban J connectivity index is 2.65. The first-order valence-corrected chi connectivity index (χ1v) is 6.63. The monoisotopic (exact) mass is 259 g/mol. The van der Waals surface area contributed by atoms with Crippen molar-refractivity contribution in [3.05, 3.63) is 30.3 Å². The Bertz CT molecular complexity index is 425. The molecule has 1 unspecified atom stereocenters. The molecule has 0 radical (unpaired) electrons. The zero-order valence-corrected chi connectivity index (χ0v) is 11.6. The third kappa shape index (κ3) is 5.43. The summed E-state index contributed by atoms with van der Waals surface area (Å²) in [4.78, 5) is 13.9. The van der Waals surface area contributed by atoms with Gasteiger partial charge < -0.3 is 10.2 Å². The first-order valence-electron chi connectivity index (χ1n) is 6.63. The van der Waals surface area contributed by atoms with Gasteiger partial charge in [-0.2, -0.15) is 5.26 Å². The molecule has 0 aromatic heterocycles. The lowest BCUT2D eigenvalue weighted by Crippen LogP contribution is -2.41. The van der Waals surface area contributed by atoms with E-state index in [-0.39, 0.29) is 18.5 Å². The highest BCUT2D eigenvalue weighted by Gasteiger charge is 2.12. The van der Waals surface area contributed by atoms with E-state index in [0.717, 1.165) is 12.1 Å². The summed E-state index contributed by atoms with van der Waals surface area (Å²) in [5, 5.41) is 11.6. The number of amides is 1. The minimum absolute atomic E-state index is 0.00357. The lowest BCUT2D eigenvalue weighted by Gasteiger charge is -2.24. The number of carbonyl (C=O) groups is 1. The van der Waals surface area contributed by atoms with E-state index in [4.69, 9.17) is 5.26 Å². The van der Waals surface area contributed by atoms with Gasteiger partial charge in [-0.1, -0.05) is 25.1 Å². The van der Waals surface area contributed by atoms with Crippen molar-refractivity contribution in [3.8, 4) is 6.07 Å². The molecule has 1 rings (SSSR count). The van der Waals surface area contributed by atoms with Crippen LogP contribution in [0.15, 0.2) is 30.3 Å². The van der Waals surface area contributed by atoms with Gasteiger partial charge in [0.1, 0.15) is 0 Å². The average molecular weight is 259 g/mol. The summed E-state index contributed by atoms with van der Waals surface area (Å²) in [6.07, 6.45) is 1.32. The molecule has 0 saturated heterocycles. The van der Waals surface area contributed by atoms with Crippen LogP contribution in [-0.4, -0.2) is 25.0 Å². The molecule has 19 heavy (non-hydrogen) atoms. The van der Waals surface area contributed by atoms with Crippen molar-refractivity contribution in [1.82, 2.24) is 5.32 Å². The zero-order valence-electron chi connectivity index (χ0n) is 11.6. The van der Waals surface area contributed by atoms with Gasteiger partial charge in [-0.15, -0.1) is 0 Å². The lowest BCUT2D eigenvalue weighted by molar-refractivity contribution is -0.120. The fourth-order valence-electron chi connectivity index (χ4n) is 1.72. The number of benzene rings is 1. The average Bonchev–Trinajstić information content (AvgIpc) is 2.44. The first kappa shape index (κ1) is 15.0. The second kappa shape index (κ2) is 8.15. The predicted molar refractivity (Wildman–Crippen MR) is 76.8 cm³/mol. The molecule has 1 amide bonds. The molecule has 4 heteroatoms. The lowest BCUT2D eigenvalue weighted by atomic mass is 10.2. The fourth-order valence-corrected chi connectivity index (χ4v) is 1.72. The number of hydrogen-bond acceptors (Lipinski definition) is 3. The van der Waals surface area contributed by atoms with E-state index < -0.39 is 0 Å². The fraction of sp³-hybridized carbons (Fsp3) is 0.467. The largest absolute Gasteiger partial charge is 0.361 e. The van der Waals surface area contributed by atoms with Gasteiger partial charge in [0.05, 0.1) is 19.0 Å². The van der Waals surface area contributed by atoms with Crippen molar-refractivity contribution in [1.29, 1.82) is 5.26 Å². The Labute approximate surface area is 115 Å². The van der Waals surface area contributed by atoms with Crippen LogP contribution in [0.4, 0.5) is 5.69 Å². The van der Waals surface area contributed by atoms with Gasteiger partial charge in [0.15, 0.2) is 0 Å². The first-order chi connectivity index (χ1) is 9.17. The Hall–Kier alpha value is -2.02. The molecular formula is C15H21N3O. The van der Waals surface area contributed by atoms with Crippen LogP contribution in [0, 0.1) is 11.3 Å². The van der Waals surface area contributed by atoms with Crippen LogP contribution in [0.1, 0.15) is 26.7 Å². The number of nitrogens with one attached hydrogen (secondary N) is 1. The number of rotatable bonds is 7. The van der Waals surface area contributed by atoms with Gasteiger partial charge >= 0.3 is 0 Å². The van der Waals surface area contributed by atoms with Crippen molar-refractivity contribution in [2.24, 2.45) is 0 Å². The van der Waals surface area contributed by atoms with Crippen LogP contribution in [0.2, 0.25) is 0 Å². The molecule has 102 valence electrons. The van der Waals surface area contributed by atoms with Gasteiger partial charge in [0, 0.05) is 18.3 Å². The quantitative estimate of drug-likeness (QED) is 0.817. The number of nitrogens with zero attached hydrogens (tertiary/aromatic N) is 2. The molecule has 0 spiro atoms. The number of hydrogen-bond donors (Lipinski definition) is 1. The van der Waals surface area contributed by atoms with Crippen molar-refractivity contribution >= 4 is 11.6 Å². The normalized spacial score (nSPS) is 11.4. The molecule has 0 heterocycles. The van der Waals surface area contributed by atoms with Crippen molar-refractivity contribution in [3.63, 3.8) is 0 Å². The second-order valence-corrected chi connectivity index (χ2v) is 4.54. The Morgan fingerprint density at radius 1 is 1.42 bits per heavy atom. The highest BCUT2D eigenvalue weighted by molar-refractivity contribution is 5.81. The highest BCUT2D eigenvalue weighted by Crippen LogP contribution is 2.13. The van der Waals surface area contributed by atoms with E-state index in [1.54, 1.807) is 0 Å². The maximum atomic E-state index is 11.9. The molecule has 1 aromatic carbocycles. The molecule has 0 fully saturated rings. The molecule has 0 aliphatic carbocycles.